The molecule has 0 saturated carbocycles. The van der Waals surface area contributed by atoms with Gasteiger partial charge >= 0.3 is 8.80 Å². The van der Waals surface area contributed by atoms with Crippen molar-refractivity contribution in [3.05, 3.63) is 11.4 Å². The predicted octanol–water partition coefficient (Wildman–Crippen LogP) is 4.18. The van der Waals surface area contributed by atoms with Crippen molar-refractivity contribution in [1.29, 1.82) is 0 Å². The third kappa shape index (κ3) is 5.91. The number of rotatable bonds is 11. The van der Waals surface area contributed by atoms with E-state index in [1.165, 1.54) is 18.1 Å². The van der Waals surface area contributed by atoms with Gasteiger partial charge in [0.25, 0.3) is 0 Å². The van der Waals surface area contributed by atoms with Gasteiger partial charge in [-0.05, 0) is 26.5 Å². The van der Waals surface area contributed by atoms with Crippen molar-refractivity contribution in [2.24, 2.45) is 0 Å². The highest BCUT2D eigenvalue weighted by molar-refractivity contribution is 6.85. The van der Waals surface area contributed by atoms with Gasteiger partial charge in [-0.25, -0.2) is 0 Å². The normalized spacial score (nSPS) is 13.4. The van der Waals surface area contributed by atoms with Gasteiger partial charge in [0, 0.05) is 19.8 Å². The highest BCUT2D eigenvalue weighted by atomic mass is 28.4. The monoisotopic (exact) mass is 304 g/mol. The fraction of sp³-hybridized carbons (Fsp3) is 0.857. The fourth-order valence-electron chi connectivity index (χ4n) is 2.26. The minimum atomic E-state index is -2.60. The van der Waals surface area contributed by atoms with E-state index in [2.05, 4.69) is 32.2 Å². The molecule has 0 unspecified atom stereocenters. The van der Waals surface area contributed by atoms with Gasteiger partial charge in [-0.1, -0.05) is 44.6 Å². The Bertz CT molecular complexity index is 228. The SMILES string of the molecule is CCO[Si](C=C[Si](CC)(CC)CC)(OCC)OCC. The second kappa shape index (κ2) is 9.88. The largest absolute Gasteiger partial charge is 0.528 e. The molecule has 0 N–H and O–H groups in total. The summed E-state index contributed by atoms with van der Waals surface area (Å²) in [7, 11) is -3.90. The Morgan fingerprint density at radius 3 is 1.26 bits per heavy atom. The number of hydrogen-bond donors (Lipinski definition) is 0. The van der Waals surface area contributed by atoms with Gasteiger partial charge in [0.1, 0.15) is 0 Å². The van der Waals surface area contributed by atoms with E-state index in [0.29, 0.717) is 19.8 Å². The lowest BCUT2D eigenvalue weighted by atomic mass is 10.9. The summed E-state index contributed by atoms with van der Waals surface area (Å²) < 4.78 is 17.6. The van der Waals surface area contributed by atoms with Crippen LogP contribution < -0.4 is 0 Å². The van der Waals surface area contributed by atoms with Crippen LogP contribution in [0.25, 0.3) is 0 Å². The van der Waals surface area contributed by atoms with Gasteiger partial charge in [-0.2, -0.15) is 0 Å². The summed E-state index contributed by atoms with van der Waals surface area (Å²) in [6.07, 6.45) is 0. The van der Waals surface area contributed by atoms with Crippen molar-refractivity contribution < 1.29 is 13.3 Å². The molecular formula is C14H32O3Si2. The van der Waals surface area contributed by atoms with Crippen LogP contribution in [-0.2, 0) is 13.3 Å². The van der Waals surface area contributed by atoms with Gasteiger partial charge in [0.2, 0.25) is 0 Å². The predicted molar refractivity (Wildman–Crippen MR) is 87.0 cm³/mol. The fourth-order valence-corrected chi connectivity index (χ4v) is 8.44. The molecule has 0 heterocycles. The van der Waals surface area contributed by atoms with Crippen LogP contribution >= 0.6 is 0 Å². The van der Waals surface area contributed by atoms with Gasteiger partial charge in [-0.3, -0.25) is 0 Å². The molecule has 0 aliphatic rings. The van der Waals surface area contributed by atoms with E-state index in [-0.39, 0.29) is 0 Å². The topological polar surface area (TPSA) is 27.7 Å². The van der Waals surface area contributed by atoms with Crippen molar-refractivity contribution >= 4 is 16.9 Å². The first-order chi connectivity index (χ1) is 9.07. The summed E-state index contributed by atoms with van der Waals surface area (Å²) in [6, 6.07) is 3.81. The van der Waals surface area contributed by atoms with Crippen LogP contribution in [0.3, 0.4) is 0 Å². The first-order valence-electron chi connectivity index (χ1n) is 7.69. The molecule has 0 amide bonds. The molecule has 114 valence electrons. The molecule has 0 aromatic rings. The minimum Gasteiger partial charge on any atom is -0.371 e. The van der Waals surface area contributed by atoms with Crippen molar-refractivity contribution in [1.82, 2.24) is 0 Å². The van der Waals surface area contributed by atoms with Crippen LogP contribution in [0.1, 0.15) is 41.5 Å². The average Bonchev–Trinajstić information content (AvgIpc) is 2.42. The van der Waals surface area contributed by atoms with Gasteiger partial charge in [0.15, 0.2) is 0 Å². The van der Waals surface area contributed by atoms with E-state index < -0.39 is 16.9 Å². The molecule has 0 fully saturated rings. The number of hydrogen-bond acceptors (Lipinski definition) is 3. The second-order valence-corrected chi connectivity index (χ2v) is 12.2. The third-order valence-corrected chi connectivity index (χ3v) is 11.9. The Labute approximate surface area is 121 Å². The zero-order valence-electron chi connectivity index (χ0n) is 13.6. The Morgan fingerprint density at radius 1 is 0.632 bits per heavy atom. The summed E-state index contributed by atoms with van der Waals surface area (Å²) >= 11 is 0. The van der Waals surface area contributed by atoms with Crippen LogP contribution in [0.5, 0.6) is 0 Å². The van der Waals surface area contributed by atoms with E-state index in [0.717, 1.165) is 0 Å². The minimum absolute atomic E-state index is 0.634. The van der Waals surface area contributed by atoms with Crippen LogP contribution in [0, 0.1) is 0 Å². The van der Waals surface area contributed by atoms with Crippen molar-refractivity contribution in [3.63, 3.8) is 0 Å². The Hall–Kier alpha value is 0.0538. The average molecular weight is 305 g/mol. The molecule has 0 spiro atoms. The van der Waals surface area contributed by atoms with Crippen LogP contribution in [-0.4, -0.2) is 36.7 Å². The molecule has 0 aliphatic heterocycles. The van der Waals surface area contributed by atoms with Crippen molar-refractivity contribution in [2.45, 2.75) is 59.7 Å². The first kappa shape index (κ1) is 19.1. The molecule has 0 bridgehead atoms. The van der Waals surface area contributed by atoms with Crippen LogP contribution in [0.15, 0.2) is 11.4 Å². The van der Waals surface area contributed by atoms with Gasteiger partial charge in [0.05, 0.1) is 8.07 Å². The molecular weight excluding hydrogens is 272 g/mol. The van der Waals surface area contributed by atoms with E-state index in [4.69, 9.17) is 13.3 Å². The molecule has 0 saturated heterocycles. The molecule has 0 aromatic heterocycles. The summed E-state index contributed by atoms with van der Waals surface area (Å²) in [5, 5.41) is 0. The summed E-state index contributed by atoms with van der Waals surface area (Å²) in [4.78, 5) is 0. The molecule has 5 heteroatoms. The molecule has 0 radical (unpaired) electrons. The summed E-state index contributed by atoms with van der Waals surface area (Å²) in [6.45, 7) is 14.8. The molecule has 3 nitrogen and oxygen atoms in total. The van der Waals surface area contributed by atoms with Crippen molar-refractivity contribution in [2.75, 3.05) is 19.8 Å². The molecule has 0 aliphatic carbocycles. The van der Waals surface area contributed by atoms with Gasteiger partial charge < -0.3 is 13.3 Å². The zero-order valence-corrected chi connectivity index (χ0v) is 15.6. The van der Waals surface area contributed by atoms with E-state index in [9.17, 15) is 0 Å². The quantitative estimate of drug-likeness (QED) is 0.536. The lowest BCUT2D eigenvalue weighted by molar-refractivity contribution is 0.0843. The van der Waals surface area contributed by atoms with Crippen LogP contribution in [0.2, 0.25) is 18.1 Å². The van der Waals surface area contributed by atoms with Crippen LogP contribution in [0.4, 0.5) is 0 Å². The van der Waals surface area contributed by atoms with E-state index >= 15 is 0 Å². The third-order valence-electron chi connectivity index (χ3n) is 3.79. The Balaban J connectivity index is 5.14. The Kier molecular flexibility index (Phi) is 9.91. The maximum Gasteiger partial charge on any atom is 0.528 e. The van der Waals surface area contributed by atoms with E-state index in [1.54, 1.807) is 0 Å². The molecule has 0 aromatic carbocycles. The highest BCUT2D eigenvalue weighted by Crippen LogP contribution is 2.23. The Morgan fingerprint density at radius 2 is 1.00 bits per heavy atom. The molecule has 19 heavy (non-hydrogen) atoms. The van der Waals surface area contributed by atoms with Gasteiger partial charge in [-0.15, -0.1) is 0 Å². The lowest BCUT2D eigenvalue weighted by Gasteiger charge is -2.28. The first-order valence-corrected chi connectivity index (χ1v) is 12.2. The highest BCUT2D eigenvalue weighted by Gasteiger charge is 2.38. The maximum absolute atomic E-state index is 5.87. The second-order valence-electron chi connectivity index (χ2n) is 4.66. The smallest absolute Gasteiger partial charge is 0.371 e. The summed E-state index contributed by atoms with van der Waals surface area (Å²) in [5.74, 6) is 0. The molecule has 0 rings (SSSR count). The molecule has 0 atom stereocenters. The maximum atomic E-state index is 5.87. The summed E-state index contributed by atoms with van der Waals surface area (Å²) in [5.41, 5.74) is 4.58. The lowest BCUT2D eigenvalue weighted by Crippen LogP contribution is -2.45. The van der Waals surface area contributed by atoms with E-state index in [1.807, 2.05) is 20.8 Å². The zero-order chi connectivity index (χ0) is 14.8. The standard InChI is InChI=1S/C14H32O3Si2/c1-7-15-19(16-8-2,17-9-3)14-13-18(10-4,11-5)12-6/h13-14H,7-12H2,1-6H3. The van der Waals surface area contributed by atoms with Crippen molar-refractivity contribution in [3.8, 4) is 0 Å².